The second-order valence-electron chi connectivity index (χ2n) is 5.38. The molecule has 3 rings (SSSR count). The van der Waals surface area contributed by atoms with Gasteiger partial charge in [0.15, 0.2) is 5.78 Å². The fourth-order valence-corrected chi connectivity index (χ4v) is 2.69. The highest BCUT2D eigenvalue weighted by Crippen LogP contribution is 2.51. The van der Waals surface area contributed by atoms with Gasteiger partial charge in [0.05, 0.1) is 18.1 Å². The number of hydrogen-bond acceptors (Lipinski definition) is 3. The van der Waals surface area contributed by atoms with Crippen molar-refractivity contribution in [2.75, 3.05) is 12.8 Å². The molecule has 0 unspecified atom stereocenters. The maximum Gasteiger partial charge on any atom is 0.177 e. The third-order valence-corrected chi connectivity index (χ3v) is 4.05. The quantitative estimate of drug-likeness (QED) is 0.692. The molecule has 108 valence electrons. The summed E-state index contributed by atoms with van der Waals surface area (Å²) in [6.07, 6.45) is 1.52. The summed E-state index contributed by atoms with van der Waals surface area (Å²) < 4.78 is 18.7. The lowest BCUT2D eigenvalue weighted by molar-refractivity contribution is 0.0942. The molecule has 0 spiro atoms. The summed E-state index contributed by atoms with van der Waals surface area (Å²) in [6.45, 7) is 0. The van der Waals surface area contributed by atoms with Gasteiger partial charge in [-0.1, -0.05) is 12.1 Å². The predicted octanol–water partition coefficient (Wildman–Crippen LogP) is 3.33. The molecule has 4 heteroatoms. The zero-order valence-electron chi connectivity index (χ0n) is 11.7. The van der Waals surface area contributed by atoms with Gasteiger partial charge in [-0.25, -0.2) is 4.39 Å². The Morgan fingerprint density at radius 1 is 1.19 bits per heavy atom. The molecule has 2 aromatic rings. The normalized spacial score (nSPS) is 15.5. The molecule has 0 amide bonds. The van der Waals surface area contributed by atoms with Crippen molar-refractivity contribution in [1.82, 2.24) is 0 Å². The molecule has 1 aliphatic carbocycles. The maximum atomic E-state index is 13.5. The minimum Gasteiger partial charge on any atom is -0.496 e. The summed E-state index contributed by atoms with van der Waals surface area (Å²) in [5.41, 5.74) is 7.01. The van der Waals surface area contributed by atoms with Gasteiger partial charge >= 0.3 is 0 Å². The summed E-state index contributed by atoms with van der Waals surface area (Å²) in [4.78, 5) is 12.9. The van der Waals surface area contributed by atoms with Gasteiger partial charge in [-0.15, -0.1) is 0 Å². The van der Waals surface area contributed by atoms with Crippen LogP contribution in [0.25, 0.3) is 0 Å². The van der Waals surface area contributed by atoms with Crippen molar-refractivity contribution in [1.29, 1.82) is 0 Å². The van der Waals surface area contributed by atoms with Crippen LogP contribution in [-0.4, -0.2) is 12.9 Å². The fraction of sp³-hybridized carbons (Fsp3) is 0.235. The van der Waals surface area contributed by atoms with Crippen LogP contribution in [-0.2, 0) is 5.41 Å². The summed E-state index contributed by atoms with van der Waals surface area (Å²) in [5.74, 6) is -0.126. The second-order valence-corrected chi connectivity index (χ2v) is 5.38. The van der Waals surface area contributed by atoms with E-state index in [1.165, 1.54) is 25.3 Å². The zero-order chi connectivity index (χ0) is 15.0. The monoisotopic (exact) mass is 285 g/mol. The van der Waals surface area contributed by atoms with Crippen LogP contribution in [0.4, 0.5) is 10.1 Å². The number of rotatable bonds is 4. The first kappa shape index (κ1) is 13.6. The van der Waals surface area contributed by atoms with Crippen molar-refractivity contribution in [3.63, 3.8) is 0 Å². The molecule has 0 heterocycles. The van der Waals surface area contributed by atoms with E-state index in [4.69, 9.17) is 10.5 Å². The molecule has 0 aliphatic heterocycles. The molecule has 2 N–H and O–H groups in total. The molecule has 1 fully saturated rings. The number of benzene rings is 2. The first-order valence-electron chi connectivity index (χ1n) is 6.81. The average molecular weight is 285 g/mol. The highest BCUT2D eigenvalue weighted by molar-refractivity contribution is 6.08. The number of carbonyl (C=O) groups is 1. The lowest BCUT2D eigenvalue weighted by Gasteiger charge is -2.17. The molecular weight excluding hydrogens is 269 g/mol. The Kier molecular flexibility index (Phi) is 3.16. The summed E-state index contributed by atoms with van der Waals surface area (Å²) in [6, 6.07) is 11.3. The van der Waals surface area contributed by atoms with Gasteiger partial charge in [0, 0.05) is 5.69 Å². The van der Waals surface area contributed by atoms with Crippen LogP contribution in [0.2, 0.25) is 0 Å². The highest BCUT2D eigenvalue weighted by atomic mass is 19.1. The van der Waals surface area contributed by atoms with Gasteiger partial charge in [0.1, 0.15) is 11.6 Å². The number of halogens is 1. The van der Waals surface area contributed by atoms with Gasteiger partial charge in [-0.2, -0.15) is 0 Å². The summed E-state index contributed by atoms with van der Waals surface area (Å²) in [5, 5.41) is 0. The maximum absolute atomic E-state index is 13.5. The molecule has 2 aromatic carbocycles. The van der Waals surface area contributed by atoms with E-state index in [9.17, 15) is 9.18 Å². The molecular formula is C17H16FNO2. The van der Waals surface area contributed by atoms with E-state index < -0.39 is 11.2 Å². The topological polar surface area (TPSA) is 52.3 Å². The van der Waals surface area contributed by atoms with Crippen LogP contribution in [0.3, 0.4) is 0 Å². The van der Waals surface area contributed by atoms with E-state index >= 15 is 0 Å². The van der Waals surface area contributed by atoms with Crippen LogP contribution < -0.4 is 10.5 Å². The number of carbonyl (C=O) groups excluding carboxylic acids is 1. The van der Waals surface area contributed by atoms with E-state index in [1.807, 2.05) is 12.1 Å². The smallest absolute Gasteiger partial charge is 0.177 e. The Labute approximate surface area is 122 Å². The first-order chi connectivity index (χ1) is 10.1. The molecule has 3 nitrogen and oxygen atoms in total. The third-order valence-electron chi connectivity index (χ3n) is 4.05. The van der Waals surface area contributed by atoms with Gasteiger partial charge < -0.3 is 10.5 Å². The minimum absolute atomic E-state index is 0.0939. The van der Waals surface area contributed by atoms with E-state index in [0.29, 0.717) is 17.0 Å². The minimum atomic E-state index is -0.561. The Balaban J connectivity index is 2.02. The second kappa shape index (κ2) is 4.88. The molecule has 1 saturated carbocycles. The predicted molar refractivity (Wildman–Crippen MR) is 79.0 cm³/mol. The number of hydrogen-bond donors (Lipinski definition) is 1. The number of nitrogen functional groups attached to an aromatic ring is 1. The zero-order valence-corrected chi connectivity index (χ0v) is 11.7. The van der Waals surface area contributed by atoms with Gasteiger partial charge in [-0.05, 0) is 48.7 Å². The van der Waals surface area contributed by atoms with Crippen LogP contribution >= 0.6 is 0 Å². The van der Waals surface area contributed by atoms with Crippen molar-refractivity contribution in [3.05, 3.63) is 59.4 Å². The summed E-state index contributed by atoms with van der Waals surface area (Å²) >= 11 is 0. The van der Waals surface area contributed by atoms with E-state index in [1.54, 1.807) is 12.1 Å². The van der Waals surface area contributed by atoms with Crippen molar-refractivity contribution >= 4 is 11.5 Å². The highest BCUT2D eigenvalue weighted by Gasteiger charge is 2.51. The summed E-state index contributed by atoms with van der Waals surface area (Å²) in [7, 11) is 1.48. The molecule has 1 aliphatic rings. The van der Waals surface area contributed by atoms with E-state index in [0.717, 1.165) is 18.4 Å². The molecule has 21 heavy (non-hydrogen) atoms. The number of nitrogens with two attached hydrogens (primary N) is 1. The third kappa shape index (κ3) is 2.27. The van der Waals surface area contributed by atoms with Crippen molar-refractivity contribution in [2.24, 2.45) is 0 Å². The van der Waals surface area contributed by atoms with Gasteiger partial charge in [0.25, 0.3) is 0 Å². The van der Waals surface area contributed by atoms with Crippen LogP contribution in [0, 0.1) is 5.82 Å². The number of methoxy groups -OCH3 is 1. The molecule has 0 radical (unpaired) electrons. The first-order valence-corrected chi connectivity index (χ1v) is 6.81. The van der Waals surface area contributed by atoms with Crippen LogP contribution in [0.1, 0.15) is 28.8 Å². The molecule has 0 aromatic heterocycles. The standard InChI is InChI=1S/C17H16FNO2/c1-21-15-7-4-12(18)10-14(15)16(20)17(8-9-17)11-2-5-13(19)6-3-11/h2-7,10H,8-9,19H2,1H3. The number of ketones is 1. The fourth-order valence-electron chi connectivity index (χ4n) is 2.69. The van der Waals surface area contributed by atoms with E-state index in [-0.39, 0.29) is 5.78 Å². The Bertz CT molecular complexity index is 690. The lowest BCUT2D eigenvalue weighted by atomic mass is 9.87. The molecule has 0 atom stereocenters. The molecule has 0 bridgehead atoms. The Morgan fingerprint density at radius 2 is 1.86 bits per heavy atom. The SMILES string of the molecule is COc1ccc(F)cc1C(=O)C1(c2ccc(N)cc2)CC1. The van der Waals surface area contributed by atoms with Gasteiger partial charge in [-0.3, -0.25) is 4.79 Å². The number of anilines is 1. The lowest BCUT2D eigenvalue weighted by Crippen LogP contribution is -2.21. The van der Waals surface area contributed by atoms with Crippen molar-refractivity contribution in [3.8, 4) is 5.75 Å². The van der Waals surface area contributed by atoms with Crippen LogP contribution in [0.5, 0.6) is 5.75 Å². The molecule has 0 saturated heterocycles. The number of ether oxygens (including phenoxy) is 1. The average Bonchev–Trinajstić information content (AvgIpc) is 3.29. The Morgan fingerprint density at radius 3 is 2.43 bits per heavy atom. The van der Waals surface area contributed by atoms with Crippen LogP contribution in [0.15, 0.2) is 42.5 Å². The Hall–Kier alpha value is -2.36. The number of Topliss-reactive ketones (excluding diaryl/α,β-unsaturated/α-hetero) is 1. The van der Waals surface area contributed by atoms with Crippen molar-refractivity contribution < 1.29 is 13.9 Å². The largest absolute Gasteiger partial charge is 0.496 e. The van der Waals surface area contributed by atoms with Gasteiger partial charge in [0.2, 0.25) is 0 Å². The van der Waals surface area contributed by atoms with E-state index in [2.05, 4.69) is 0 Å². The van der Waals surface area contributed by atoms with Crippen molar-refractivity contribution in [2.45, 2.75) is 18.3 Å².